The molecule has 170 valence electrons. The highest BCUT2D eigenvalue weighted by molar-refractivity contribution is 5.98. The summed E-state index contributed by atoms with van der Waals surface area (Å²) < 4.78 is 17.1. The quantitative estimate of drug-likeness (QED) is 0.519. The van der Waals surface area contributed by atoms with Crippen LogP contribution >= 0.6 is 0 Å². The number of rotatable bonds is 4. The molecule has 8 nitrogen and oxygen atoms in total. The Morgan fingerprint density at radius 1 is 1.09 bits per heavy atom. The van der Waals surface area contributed by atoms with Gasteiger partial charge < -0.3 is 5.32 Å². The monoisotopic (exact) mass is 449 g/mol. The van der Waals surface area contributed by atoms with E-state index < -0.39 is 5.69 Å². The highest BCUT2D eigenvalue weighted by Crippen LogP contribution is 2.19. The molecule has 0 aliphatic heterocycles. The van der Waals surface area contributed by atoms with Gasteiger partial charge in [0.25, 0.3) is 11.5 Å². The molecule has 0 atom stereocenters. The third kappa shape index (κ3) is 3.83. The molecule has 1 fully saturated rings. The van der Waals surface area contributed by atoms with E-state index >= 15 is 0 Å². The van der Waals surface area contributed by atoms with Gasteiger partial charge in [-0.3, -0.25) is 14.2 Å². The molecule has 0 radical (unpaired) electrons. The molecule has 2 heterocycles. The number of hydrogen-bond acceptors (Lipinski definition) is 4. The smallest absolute Gasteiger partial charge is 0.349 e. The van der Waals surface area contributed by atoms with Gasteiger partial charge in [-0.15, -0.1) is 5.10 Å². The lowest BCUT2D eigenvalue weighted by molar-refractivity contribution is 0.0928. The summed E-state index contributed by atoms with van der Waals surface area (Å²) in [6.45, 7) is 0.123. The molecule has 1 saturated carbocycles. The number of carbonyl (C=O) groups excluding carboxylic acids is 1. The van der Waals surface area contributed by atoms with E-state index in [1.807, 2.05) is 0 Å². The summed E-state index contributed by atoms with van der Waals surface area (Å²) in [5.74, 6) is -0.414. The standard InChI is InChI=1S/C24H24FN5O3/c1-28-22(32)19-12-9-16(21(31)26-18-5-3-2-4-6-18)13-20(19)30-23(28)27-29(24(30)33)14-15-7-10-17(25)11-8-15/h7-13,18H,2-6,14H2,1H3,(H,26,31). The van der Waals surface area contributed by atoms with Crippen molar-refractivity contribution in [3.8, 4) is 0 Å². The van der Waals surface area contributed by atoms with Gasteiger partial charge in [-0.25, -0.2) is 18.3 Å². The lowest BCUT2D eigenvalue weighted by Crippen LogP contribution is -2.36. The minimum atomic E-state index is -0.445. The molecule has 1 amide bonds. The van der Waals surface area contributed by atoms with E-state index in [0.29, 0.717) is 22.0 Å². The first kappa shape index (κ1) is 21.1. The van der Waals surface area contributed by atoms with Crippen molar-refractivity contribution < 1.29 is 9.18 Å². The van der Waals surface area contributed by atoms with Crippen LogP contribution in [0.5, 0.6) is 0 Å². The van der Waals surface area contributed by atoms with E-state index in [9.17, 15) is 18.8 Å². The Hall–Kier alpha value is -3.75. The number of carbonyl (C=O) groups is 1. The molecule has 2 aromatic heterocycles. The molecule has 5 rings (SSSR count). The fourth-order valence-electron chi connectivity index (χ4n) is 4.52. The van der Waals surface area contributed by atoms with Crippen LogP contribution < -0.4 is 16.6 Å². The maximum Gasteiger partial charge on any atom is 0.352 e. The molecule has 0 unspecified atom stereocenters. The van der Waals surface area contributed by atoms with Crippen molar-refractivity contribution in [2.45, 2.75) is 44.7 Å². The van der Waals surface area contributed by atoms with Gasteiger partial charge in [0.05, 0.1) is 17.4 Å². The SMILES string of the molecule is Cn1c(=O)c2ccc(C(=O)NC3CCCCC3)cc2n2c(=O)n(Cc3ccc(F)cc3)nc12. The topological polar surface area (TPSA) is 90.4 Å². The molecule has 4 aromatic rings. The number of benzene rings is 2. The lowest BCUT2D eigenvalue weighted by Gasteiger charge is -2.22. The van der Waals surface area contributed by atoms with Crippen LogP contribution in [0.4, 0.5) is 4.39 Å². The third-order valence-electron chi connectivity index (χ3n) is 6.34. The summed E-state index contributed by atoms with van der Waals surface area (Å²) in [5.41, 5.74) is 0.666. The fourth-order valence-corrected chi connectivity index (χ4v) is 4.52. The molecule has 0 bridgehead atoms. The summed E-state index contributed by atoms with van der Waals surface area (Å²) >= 11 is 0. The Bertz CT molecular complexity index is 1480. The van der Waals surface area contributed by atoms with Crippen molar-refractivity contribution in [1.82, 2.24) is 24.1 Å². The minimum Gasteiger partial charge on any atom is -0.349 e. The highest BCUT2D eigenvalue weighted by Gasteiger charge is 2.20. The van der Waals surface area contributed by atoms with Crippen LogP contribution in [0.25, 0.3) is 16.7 Å². The van der Waals surface area contributed by atoms with Crippen molar-refractivity contribution in [3.63, 3.8) is 0 Å². The molecular formula is C24H24FN5O3. The Morgan fingerprint density at radius 2 is 1.82 bits per heavy atom. The minimum absolute atomic E-state index is 0.123. The van der Waals surface area contributed by atoms with Crippen LogP contribution in [-0.2, 0) is 13.6 Å². The van der Waals surface area contributed by atoms with E-state index in [1.54, 1.807) is 37.4 Å². The second-order valence-electron chi connectivity index (χ2n) is 8.61. The van der Waals surface area contributed by atoms with Crippen LogP contribution in [0.1, 0.15) is 48.0 Å². The Morgan fingerprint density at radius 3 is 2.55 bits per heavy atom. The number of nitrogens with zero attached hydrogens (tertiary/aromatic N) is 4. The first-order valence-electron chi connectivity index (χ1n) is 11.1. The number of aryl methyl sites for hydroxylation is 1. The number of fused-ring (bicyclic) bond motifs is 3. The van der Waals surface area contributed by atoms with Crippen molar-refractivity contribution in [1.29, 1.82) is 0 Å². The van der Waals surface area contributed by atoms with Gasteiger partial charge in [0.2, 0.25) is 5.78 Å². The maximum atomic E-state index is 13.2. The van der Waals surface area contributed by atoms with Crippen molar-refractivity contribution in [2.75, 3.05) is 0 Å². The van der Waals surface area contributed by atoms with Gasteiger partial charge in [-0.05, 0) is 48.7 Å². The normalized spacial score (nSPS) is 14.7. The van der Waals surface area contributed by atoms with Crippen LogP contribution in [0.2, 0.25) is 0 Å². The Balaban J connectivity index is 1.60. The predicted molar refractivity (Wildman–Crippen MR) is 122 cm³/mol. The molecule has 0 saturated heterocycles. The summed E-state index contributed by atoms with van der Waals surface area (Å²) in [6, 6.07) is 10.7. The molecule has 9 heteroatoms. The summed E-state index contributed by atoms with van der Waals surface area (Å²) in [4.78, 5) is 39.0. The zero-order valence-electron chi connectivity index (χ0n) is 18.3. The van der Waals surface area contributed by atoms with Crippen molar-refractivity contribution >= 4 is 22.6 Å². The molecule has 2 aromatic carbocycles. The summed E-state index contributed by atoms with van der Waals surface area (Å²) in [7, 11) is 1.55. The molecule has 1 aliphatic rings. The van der Waals surface area contributed by atoms with E-state index in [1.165, 1.54) is 32.2 Å². The van der Waals surface area contributed by atoms with Crippen LogP contribution in [0.15, 0.2) is 52.1 Å². The van der Waals surface area contributed by atoms with E-state index in [0.717, 1.165) is 25.7 Å². The zero-order chi connectivity index (χ0) is 23.1. The maximum absolute atomic E-state index is 13.2. The summed E-state index contributed by atoms with van der Waals surface area (Å²) in [5, 5.41) is 7.74. The highest BCUT2D eigenvalue weighted by atomic mass is 19.1. The number of halogens is 1. The van der Waals surface area contributed by atoms with Gasteiger partial charge in [0, 0.05) is 18.7 Å². The van der Waals surface area contributed by atoms with Crippen LogP contribution in [-0.4, -0.2) is 30.7 Å². The number of aromatic nitrogens is 4. The van der Waals surface area contributed by atoms with Gasteiger partial charge in [0.1, 0.15) is 5.82 Å². The third-order valence-corrected chi connectivity index (χ3v) is 6.34. The van der Waals surface area contributed by atoms with Gasteiger partial charge in [-0.1, -0.05) is 31.4 Å². The van der Waals surface area contributed by atoms with Gasteiger partial charge in [-0.2, -0.15) is 0 Å². The molecule has 33 heavy (non-hydrogen) atoms. The van der Waals surface area contributed by atoms with Gasteiger partial charge in [0.15, 0.2) is 0 Å². The molecule has 0 spiro atoms. The first-order valence-corrected chi connectivity index (χ1v) is 11.1. The lowest BCUT2D eigenvalue weighted by atomic mass is 9.95. The number of nitrogens with one attached hydrogen (secondary N) is 1. The largest absolute Gasteiger partial charge is 0.352 e. The van der Waals surface area contributed by atoms with E-state index in [4.69, 9.17) is 0 Å². The Kier molecular flexibility index (Phi) is 5.32. The average molecular weight is 449 g/mol. The van der Waals surface area contributed by atoms with Gasteiger partial charge >= 0.3 is 5.69 Å². The summed E-state index contributed by atoms with van der Waals surface area (Å²) in [6.07, 6.45) is 5.30. The predicted octanol–water partition coefficient (Wildman–Crippen LogP) is 2.60. The molecule has 1 aliphatic carbocycles. The van der Waals surface area contributed by atoms with E-state index in [-0.39, 0.29) is 35.6 Å². The Labute approximate surface area is 188 Å². The van der Waals surface area contributed by atoms with Crippen LogP contribution in [0.3, 0.4) is 0 Å². The second-order valence-corrected chi connectivity index (χ2v) is 8.61. The number of hydrogen-bond donors (Lipinski definition) is 1. The molecular weight excluding hydrogens is 425 g/mol. The first-order chi connectivity index (χ1) is 15.9. The van der Waals surface area contributed by atoms with Crippen LogP contribution in [0, 0.1) is 5.82 Å². The average Bonchev–Trinajstić information content (AvgIpc) is 3.15. The van der Waals surface area contributed by atoms with Crippen molar-refractivity contribution in [2.24, 2.45) is 7.05 Å². The number of amides is 1. The fraction of sp³-hybridized carbons (Fsp3) is 0.333. The second kappa shape index (κ2) is 8.31. The zero-order valence-corrected chi connectivity index (χ0v) is 18.3. The van der Waals surface area contributed by atoms with Crippen molar-refractivity contribution in [3.05, 3.63) is 80.2 Å². The molecule has 1 N–H and O–H groups in total. The van der Waals surface area contributed by atoms with E-state index in [2.05, 4.69) is 10.4 Å².